The van der Waals surface area contributed by atoms with E-state index in [1.54, 1.807) is 22.2 Å². The largest absolute Gasteiger partial charge is 0.325 e. The molecule has 0 fully saturated rings. The molecule has 5 nitrogen and oxygen atoms in total. The van der Waals surface area contributed by atoms with Gasteiger partial charge in [0.2, 0.25) is 5.13 Å². The Morgan fingerprint density at radius 2 is 2.00 bits per heavy atom. The highest BCUT2D eigenvalue weighted by molar-refractivity contribution is 7.12. The van der Waals surface area contributed by atoms with E-state index in [-0.39, 0.29) is 0 Å². The standard InChI is InChI=1S/C14H15N5S/c15-10-12-13(7-6-11-4-2-1-3-5-11)19(18-17-12)14-16-8-9-20-14/h1-5,8-9H,6-7,10,15H2. The molecular formula is C14H15N5S. The lowest BCUT2D eigenvalue weighted by atomic mass is 10.1. The maximum atomic E-state index is 5.75. The number of nitrogens with zero attached hydrogens (tertiary/aromatic N) is 4. The number of hydrogen-bond acceptors (Lipinski definition) is 5. The zero-order valence-electron chi connectivity index (χ0n) is 10.9. The summed E-state index contributed by atoms with van der Waals surface area (Å²) in [5.41, 5.74) is 8.94. The molecule has 0 radical (unpaired) electrons. The van der Waals surface area contributed by atoms with Crippen LogP contribution in [0.2, 0.25) is 0 Å². The molecule has 2 N–H and O–H groups in total. The maximum absolute atomic E-state index is 5.75. The normalized spacial score (nSPS) is 10.8. The van der Waals surface area contributed by atoms with E-state index in [0.717, 1.165) is 29.4 Å². The van der Waals surface area contributed by atoms with Gasteiger partial charge in [-0.2, -0.15) is 4.68 Å². The monoisotopic (exact) mass is 285 g/mol. The van der Waals surface area contributed by atoms with Crippen LogP contribution in [0.4, 0.5) is 0 Å². The van der Waals surface area contributed by atoms with E-state index in [1.165, 1.54) is 5.56 Å². The third-order valence-corrected chi connectivity index (χ3v) is 3.88. The Kier molecular flexibility index (Phi) is 3.85. The fourth-order valence-corrected chi connectivity index (χ4v) is 2.73. The molecule has 3 rings (SSSR count). The summed E-state index contributed by atoms with van der Waals surface area (Å²) in [6.45, 7) is 0.398. The number of benzene rings is 1. The van der Waals surface area contributed by atoms with Gasteiger partial charge in [-0.05, 0) is 18.4 Å². The Morgan fingerprint density at radius 3 is 2.70 bits per heavy atom. The predicted octanol–water partition coefficient (Wildman–Crippen LogP) is 1.97. The van der Waals surface area contributed by atoms with Crippen molar-refractivity contribution in [3.05, 3.63) is 58.9 Å². The van der Waals surface area contributed by atoms with Crippen LogP contribution in [0.1, 0.15) is 17.0 Å². The van der Waals surface area contributed by atoms with Gasteiger partial charge in [0.05, 0.1) is 11.4 Å². The molecule has 102 valence electrons. The third kappa shape index (κ3) is 2.61. The van der Waals surface area contributed by atoms with Crippen LogP contribution in [0.15, 0.2) is 41.9 Å². The minimum atomic E-state index is 0.398. The average Bonchev–Trinajstić information content (AvgIpc) is 3.14. The zero-order chi connectivity index (χ0) is 13.8. The molecule has 0 unspecified atom stereocenters. The summed E-state index contributed by atoms with van der Waals surface area (Å²) in [6, 6.07) is 10.4. The van der Waals surface area contributed by atoms with E-state index in [0.29, 0.717) is 6.54 Å². The Bertz CT molecular complexity index is 660. The molecular weight excluding hydrogens is 270 g/mol. The summed E-state index contributed by atoms with van der Waals surface area (Å²) in [5.74, 6) is 0. The Labute approximate surface area is 121 Å². The Hall–Kier alpha value is -2.05. The highest BCUT2D eigenvalue weighted by Gasteiger charge is 2.14. The van der Waals surface area contributed by atoms with Gasteiger partial charge in [0.25, 0.3) is 0 Å². The van der Waals surface area contributed by atoms with Crippen molar-refractivity contribution in [3.8, 4) is 5.13 Å². The van der Waals surface area contributed by atoms with E-state index in [1.807, 2.05) is 11.4 Å². The van der Waals surface area contributed by atoms with Crippen molar-refractivity contribution in [2.45, 2.75) is 19.4 Å². The molecule has 6 heteroatoms. The summed E-state index contributed by atoms with van der Waals surface area (Å²) in [7, 11) is 0. The van der Waals surface area contributed by atoms with Gasteiger partial charge in [-0.1, -0.05) is 35.5 Å². The first-order valence-electron chi connectivity index (χ1n) is 6.46. The van der Waals surface area contributed by atoms with Crippen molar-refractivity contribution < 1.29 is 0 Å². The zero-order valence-corrected chi connectivity index (χ0v) is 11.8. The molecule has 0 saturated carbocycles. The topological polar surface area (TPSA) is 69.6 Å². The lowest BCUT2D eigenvalue weighted by Gasteiger charge is -2.05. The quantitative estimate of drug-likeness (QED) is 0.778. The number of rotatable bonds is 5. The fraction of sp³-hybridized carbons (Fsp3) is 0.214. The molecule has 1 aromatic carbocycles. The number of aromatic nitrogens is 4. The molecule has 0 atom stereocenters. The summed E-state index contributed by atoms with van der Waals surface area (Å²) in [5, 5.41) is 11.1. The van der Waals surface area contributed by atoms with E-state index >= 15 is 0 Å². The second-order valence-electron chi connectivity index (χ2n) is 4.40. The second kappa shape index (κ2) is 5.94. The van der Waals surface area contributed by atoms with Crippen molar-refractivity contribution >= 4 is 11.3 Å². The average molecular weight is 285 g/mol. The first-order chi connectivity index (χ1) is 9.88. The molecule has 3 aromatic rings. The van der Waals surface area contributed by atoms with E-state index in [4.69, 9.17) is 5.73 Å². The summed E-state index contributed by atoms with van der Waals surface area (Å²) >= 11 is 1.54. The minimum Gasteiger partial charge on any atom is -0.325 e. The van der Waals surface area contributed by atoms with Crippen molar-refractivity contribution in [2.24, 2.45) is 5.73 Å². The molecule has 0 spiro atoms. The van der Waals surface area contributed by atoms with E-state index in [2.05, 4.69) is 39.6 Å². The highest BCUT2D eigenvalue weighted by atomic mass is 32.1. The first-order valence-corrected chi connectivity index (χ1v) is 7.34. The second-order valence-corrected chi connectivity index (χ2v) is 5.27. The van der Waals surface area contributed by atoms with Crippen LogP contribution in [0.5, 0.6) is 0 Å². The smallest absolute Gasteiger partial charge is 0.211 e. The van der Waals surface area contributed by atoms with Crippen molar-refractivity contribution in [3.63, 3.8) is 0 Å². The molecule has 0 bridgehead atoms. The van der Waals surface area contributed by atoms with Crippen LogP contribution in [-0.4, -0.2) is 20.0 Å². The van der Waals surface area contributed by atoms with Crippen molar-refractivity contribution in [2.75, 3.05) is 0 Å². The van der Waals surface area contributed by atoms with Gasteiger partial charge in [0, 0.05) is 18.1 Å². The highest BCUT2D eigenvalue weighted by Crippen LogP contribution is 2.17. The van der Waals surface area contributed by atoms with Gasteiger partial charge in [0.15, 0.2) is 0 Å². The van der Waals surface area contributed by atoms with Crippen molar-refractivity contribution in [1.82, 2.24) is 20.0 Å². The molecule has 2 heterocycles. The number of aryl methyl sites for hydroxylation is 1. The van der Waals surface area contributed by atoms with Gasteiger partial charge < -0.3 is 5.73 Å². The van der Waals surface area contributed by atoms with Gasteiger partial charge in [-0.25, -0.2) is 4.98 Å². The Balaban J connectivity index is 1.86. The van der Waals surface area contributed by atoms with Crippen molar-refractivity contribution in [1.29, 1.82) is 0 Å². The van der Waals surface area contributed by atoms with Crippen LogP contribution in [0.25, 0.3) is 5.13 Å². The maximum Gasteiger partial charge on any atom is 0.211 e. The van der Waals surface area contributed by atoms with Crippen LogP contribution in [0, 0.1) is 0 Å². The van der Waals surface area contributed by atoms with E-state index in [9.17, 15) is 0 Å². The Morgan fingerprint density at radius 1 is 1.15 bits per heavy atom. The summed E-state index contributed by atoms with van der Waals surface area (Å²) < 4.78 is 1.80. The molecule has 0 amide bonds. The fourth-order valence-electron chi connectivity index (χ4n) is 2.12. The van der Waals surface area contributed by atoms with Crippen LogP contribution >= 0.6 is 11.3 Å². The predicted molar refractivity (Wildman–Crippen MR) is 78.8 cm³/mol. The number of hydrogen-bond donors (Lipinski definition) is 1. The summed E-state index contributed by atoms with van der Waals surface area (Å²) in [4.78, 5) is 4.29. The first kappa shape index (κ1) is 13.0. The van der Waals surface area contributed by atoms with Gasteiger partial charge in [-0.3, -0.25) is 0 Å². The van der Waals surface area contributed by atoms with Gasteiger partial charge >= 0.3 is 0 Å². The van der Waals surface area contributed by atoms with Crippen LogP contribution in [0.3, 0.4) is 0 Å². The number of nitrogens with two attached hydrogens (primary N) is 1. The lowest BCUT2D eigenvalue weighted by molar-refractivity contribution is 0.747. The van der Waals surface area contributed by atoms with Crippen LogP contribution < -0.4 is 5.73 Å². The molecule has 0 aliphatic carbocycles. The van der Waals surface area contributed by atoms with Gasteiger partial charge in [0.1, 0.15) is 0 Å². The minimum absolute atomic E-state index is 0.398. The van der Waals surface area contributed by atoms with Gasteiger partial charge in [-0.15, -0.1) is 16.4 Å². The molecule has 2 aromatic heterocycles. The molecule has 20 heavy (non-hydrogen) atoms. The lowest BCUT2D eigenvalue weighted by Crippen LogP contribution is -2.07. The molecule has 0 aliphatic rings. The van der Waals surface area contributed by atoms with E-state index < -0.39 is 0 Å². The number of thiazole rings is 1. The molecule has 0 aliphatic heterocycles. The SMILES string of the molecule is NCc1nnn(-c2nccs2)c1CCc1ccccc1. The molecule has 0 saturated heterocycles. The van der Waals surface area contributed by atoms with Crippen LogP contribution in [-0.2, 0) is 19.4 Å². The summed E-state index contributed by atoms with van der Waals surface area (Å²) in [6.07, 6.45) is 3.56. The third-order valence-electron chi connectivity index (χ3n) is 3.13.